The first kappa shape index (κ1) is 28.5. The minimum absolute atomic E-state index is 0.106. The molecule has 3 aromatic carbocycles. The Kier molecular flexibility index (Phi) is 9.35. The Morgan fingerprint density at radius 1 is 1.05 bits per heavy atom. The number of alkyl halides is 3. The summed E-state index contributed by atoms with van der Waals surface area (Å²) in [6, 6.07) is 16.2. The smallest absolute Gasteiger partial charge is 0.416 e. The fourth-order valence-corrected chi connectivity index (χ4v) is 4.00. The second-order valence-electron chi connectivity index (χ2n) is 7.94. The van der Waals surface area contributed by atoms with E-state index in [1.165, 1.54) is 25.3 Å². The molecule has 11 heteroatoms. The highest BCUT2D eigenvalue weighted by molar-refractivity contribution is 14.1. The van der Waals surface area contributed by atoms with Crippen molar-refractivity contribution in [2.75, 3.05) is 24.4 Å². The average molecular weight is 635 g/mol. The van der Waals surface area contributed by atoms with Crippen LogP contribution in [0.5, 0.6) is 11.5 Å². The van der Waals surface area contributed by atoms with Crippen LogP contribution in [-0.4, -0.2) is 25.5 Å². The lowest BCUT2D eigenvalue weighted by molar-refractivity contribution is -0.137. The number of ether oxygens (including phenoxy) is 2. The molecule has 0 saturated carbocycles. The highest BCUT2D eigenvalue weighted by atomic mass is 127. The van der Waals surface area contributed by atoms with E-state index in [4.69, 9.17) is 9.47 Å². The van der Waals surface area contributed by atoms with E-state index in [0.717, 1.165) is 23.8 Å². The van der Waals surface area contributed by atoms with Gasteiger partial charge in [0.15, 0.2) is 18.1 Å². The van der Waals surface area contributed by atoms with Crippen LogP contribution < -0.4 is 20.1 Å². The number of benzene rings is 3. The van der Waals surface area contributed by atoms with Crippen molar-refractivity contribution < 1.29 is 32.2 Å². The predicted molar refractivity (Wildman–Crippen MR) is 145 cm³/mol. The molecule has 0 spiro atoms. The number of rotatable bonds is 8. The van der Waals surface area contributed by atoms with Crippen LogP contribution in [-0.2, 0) is 15.8 Å². The van der Waals surface area contributed by atoms with Crippen LogP contribution in [0, 0.1) is 21.8 Å². The highest BCUT2D eigenvalue weighted by Crippen LogP contribution is 2.35. The normalized spacial score (nSPS) is 11.3. The summed E-state index contributed by atoms with van der Waals surface area (Å²) >= 11 is 1.96. The molecule has 0 heterocycles. The van der Waals surface area contributed by atoms with Crippen molar-refractivity contribution in [1.29, 1.82) is 5.26 Å². The highest BCUT2D eigenvalue weighted by Gasteiger charge is 2.30. The number of carbonyl (C=O) groups is 2. The van der Waals surface area contributed by atoms with Gasteiger partial charge in [-0.15, -0.1) is 0 Å². The molecule has 196 valence electrons. The van der Waals surface area contributed by atoms with Crippen LogP contribution in [0.3, 0.4) is 0 Å². The fraction of sp³-hybridized carbons (Fsp3) is 0.148. The van der Waals surface area contributed by atoms with E-state index >= 15 is 0 Å². The van der Waals surface area contributed by atoms with E-state index in [0.29, 0.717) is 14.8 Å². The summed E-state index contributed by atoms with van der Waals surface area (Å²) in [6.45, 7) is 1.64. The maximum atomic E-state index is 12.9. The Morgan fingerprint density at radius 3 is 2.39 bits per heavy atom. The lowest BCUT2D eigenvalue weighted by Crippen LogP contribution is -2.20. The quantitative estimate of drug-likeness (QED) is 0.175. The number of hydrogen-bond donors (Lipinski definition) is 2. The molecule has 3 rings (SSSR count). The van der Waals surface area contributed by atoms with Crippen LogP contribution in [0.25, 0.3) is 6.08 Å². The van der Waals surface area contributed by atoms with Gasteiger partial charge in [0.25, 0.3) is 11.8 Å². The largest absolute Gasteiger partial charge is 0.493 e. The molecule has 0 aliphatic heterocycles. The number of hydrogen-bond acceptors (Lipinski definition) is 5. The van der Waals surface area contributed by atoms with Gasteiger partial charge in [-0.05, 0) is 83.6 Å². The summed E-state index contributed by atoms with van der Waals surface area (Å²) in [5, 5.41) is 14.5. The van der Waals surface area contributed by atoms with Crippen molar-refractivity contribution >= 4 is 51.9 Å². The summed E-state index contributed by atoms with van der Waals surface area (Å²) in [5.41, 5.74) is 0.704. The molecule has 7 nitrogen and oxygen atoms in total. The van der Waals surface area contributed by atoms with E-state index in [1.807, 2.05) is 41.6 Å². The molecule has 0 aliphatic carbocycles. The van der Waals surface area contributed by atoms with Crippen LogP contribution in [0.4, 0.5) is 24.5 Å². The number of nitrogens with one attached hydrogen (secondary N) is 2. The molecule has 0 atom stereocenters. The van der Waals surface area contributed by atoms with Gasteiger partial charge < -0.3 is 20.1 Å². The van der Waals surface area contributed by atoms with Gasteiger partial charge in [0.05, 0.1) is 16.2 Å². The van der Waals surface area contributed by atoms with Gasteiger partial charge in [0.1, 0.15) is 11.6 Å². The summed E-state index contributed by atoms with van der Waals surface area (Å²) in [6.07, 6.45) is -3.31. The molecular weight excluding hydrogens is 614 g/mol. The maximum Gasteiger partial charge on any atom is 0.416 e. The zero-order valence-electron chi connectivity index (χ0n) is 20.2. The number of anilines is 2. The Hall–Kier alpha value is -4.05. The molecule has 38 heavy (non-hydrogen) atoms. The van der Waals surface area contributed by atoms with Crippen molar-refractivity contribution in [3.63, 3.8) is 0 Å². The summed E-state index contributed by atoms with van der Waals surface area (Å²) in [7, 11) is 1.39. The molecule has 0 unspecified atom stereocenters. The zero-order chi connectivity index (χ0) is 27.9. The van der Waals surface area contributed by atoms with E-state index in [9.17, 15) is 28.0 Å². The van der Waals surface area contributed by atoms with Crippen molar-refractivity contribution in [1.82, 2.24) is 0 Å². The molecule has 0 aliphatic rings. The third kappa shape index (κ3) is 7.72. The van der Waals surface area contributed by atoms with E-state index in [2.05, 4.69) is 10.6 Å². The first-order chi connectivity index (χ1) is 18.0. The third-order valence-corrected chi connectivity index (χ3v) is 5.86. The van der Waals surface area contributed by atoms with E-state index in [1.54, 1.807) is 24.3 Å². The molecule has 0 aromatic heterocycles. The number of methoxy groups -OCH3 is 1. The molecular formula is C27H21F3IN3O4. The number of carbonyl (C=O) groups excluding carboxylic acids is 2. The van der Waals surface area contributed by atoms with Gasteiger partial charge in [0, 0.05) is 11.4 Å². The Balaban J connectivity index is 1.74. The molecule has 0 radical (unpaired) electrons. The van der Waals surface area contributed by atoms with E-state index < -0.39 is 17.6 Å². The molecule has 2 N–H and O–H groups in total. The van der Waals surface area contributed by atoms with Gasteiger partial charge >= 0.3 is 6.18 Å². The number of nitriles is 1. The van der Waals surface area contributed by atoms with E-state index in [-0.39, 0.29) is 35.3 Å². The summed E-state index contributed by atoms with van der Waals surface area (Å²) < 4.78 is 50.4. The second-order valence-corrected chi connectivity index (χ2v) is 9.10. The number of halogens is 4. The second kappa shape index (κ2) is 12.5. The molecule has 0 bridgehead atoms. The Morgan fingerprint density at radius 2 is 1.76 bits per heavy atom. The van der Waals surface area contributed by atoms with Crippen LogP contribution in [0.2, 0.25) is 0 Å². The monoisotopic (exact) mass is 635 g/mol. The topological polar surface area (TPSA) is 100 Å². The van der Waals surface area contributed by atoms with Crippen molar-refractivity contribution in [3.8, 4) is 17.6 Å². The first-order valence-electron chi connectivity index (χ1n) is 11.0. The fourth-order valence-electron chi connectivity index (χ4n) is 3.22. The van der Waals surface area contributed by atoms with Gasteiger partial charge in [-0.1, -0.05) is 23.8 Å². The van der Waals surface area contributed by atoms with Crippen molar-refractivity contribution in [2.24, 2.45) is 0 Å². The SMILES string of the molecule is COc1cc(/C=C(\C#N)C(=O)Nc2cccc(C(F)(F)F)c2)cc(I)c1OCC(=O)Nc1ccc(C)cc1. The van der Waals surface area contributed by atoms with Gasteiger partial charge in [-0.2, -0.15) is 18.4 Å². The number of aryl methyl sites for hydroxylation is 1. The maximum absolute atomic E-state index is 12.9. The third-order valence-electron chi connectivity index (χ3n) is 5.06. The van der Waals surface area contributed by atoms with Gasteiger partial charge in [-0.3, -0.25) is 9.59 Å². The average Bonchev–Trinajstić information content (AvgIpc) is 2.87. The minimum Gasteiger partial charge on any atom is -0.493 e. The summed E-state index contributed by atoms with van der Waals surface area (Å²) in [5.74, 6) is -0.722. The number of amides is 2. The predicted octanol–water partition coefficient (Wildman–Crippen LogP) is 6.19. The van der Waals surface area contributed by atoms with Crippen molar-refractivity contribution in [2.45, 2.75) is 13.1 Å². The Bertz CT molecular complexity index is 1410. The van der Waals surface area contributed by atoms with Crippen LogP contribution >= 0.6 is 22.6 Å². The van der Waals surface area contributed by atoms with Crippen LogP contribution in [0.1, 0.15) is 16.7 Å². The summed E-state index contributed by atoms with van der Waals surface area (Å²) in [4.78, 5) is 24.9. The van der Waals surface area contributed by atoms with Gasteiger partial charge in [0.2, 0.25) is 0 Å². The standard InChI is InChI=1S/C27H21F3IN3O4/c1-16-6-8-20(9-7-16)33-24(35)15-38-25-22(31)11-17(12-23(25)37-2)10-18(14-32)26(36)34-21-5-3-4-19(13-21)27(28,29)30/h3-13H,15H2,1-2H3,(H,33,35)(H,34,36)/b18-10+. The lowest BCUT2D eigenvalue weighted by atomic mass is 10.1. The molecule has 0 fully saturated rings. The Labute approximate surface area is 230 Å². The van der Waals surface area contributed by atoms with Gasteiger partial charge in [-0.25, -0.2) is 0 Å². The first-order valence-corrected chi connectivity index (χ1v) is 12.1. The van der Waals surface area contributed by atoms with Crippen LogP contribution in [0.15, 0.2) is 66.2 Å². The molecule has 0 saturated heterocycles. The lowest BCUT2D eigenvalue weighted by Gasteiger charge is -2.14. The molecule has 2 amide bonds. The van der Waals surface area contributed by atoms with Crippen molar-refractivity contribution in [3.05, 3.63) is 86.5 Å². The minimum atomic E-state index is -4.58. The zero-order valence-corrected chi connectivity index (χ0v) is 22.3. The number of nitrogens with zero attached hydrogens (tertiary/aromatic N) is 1. The molecule has 3 aromatic rings.